The minimum atomic E-state index is -1.01. The zero-order chi connectivity index (χ0) is 21.8. The molecule has 0 heterocycles. The Morgan fingerprint density at radius 2 is 1.97 bits per heavy atom. The molecule has 4 nitrogen and oxygen atoms in total. The Balaban J connectivity index is 1.57. The molecule has 0 amide bonds. The third-order valence-electron chi connectivity index (χ3n) is 10.0. The van der Waals surface area contributed by atoms with E-state index in [1.165, 1.54) is 7.11 Å². The molecule has 30 heavy (non-hydrogen) atoms. The number of allylic oxidation sites excluding steroid dienone is 1. The SMILES string of the molecule is COC(=O)CCC(C)[C@H]1CC[C@H]2[C@@H]3[C@H](O)C[C@@H]4C[C@H](O)C(F)=C[C@]4(C)[C@H]3CC[C@]12C. The summed E-state index contributed by atoms with van der Waals surface area (Å²) in [6.07, 6.45) is 7.08. The highest BCUT2D eigenvalue weighted by Gasteiger charge is 2.62. The quantitative estimate of drug-likeness (QED) is 0.648. The van der Waals surface area contributed by atoms with Crippen molar-refractivity contribution in [1.29, 1.82) is 0 Å². The first-order valence-electron chi connectivity index (χ1n) is 11.9. The number of methoxy groups -OCH3 is 1. The van der Waals surface area contributed by atoms with Crippen LogP contribution >= 0.6 is 0 Å². The fourth-order valence-corrected chi connectivity index (χ4v) is 8.44. The van der Waals surface area contributed by atoms with Gasteiger partial charge in [0, 0.05) is 6.42 Å². The van der Waals surface area contributed by atoms with Gasteiger partial charge in [-0.3, -0.25) is 4.79 Å². The highest BCUT2D eigenvalue weighted by Crippen LogP contribution is 2.68. The first-order chi connectivity index (χ1) is 14.1. The summed E-state index contributed by atoms with van der Waals surface area (Å²) >= 11 is 0. The van der Waals surface area contributed by atoms with Gasteiger partial charge in [0.25, 0.3) is 0 Å². The van der Waals surface area contributed by atoms with Crippen LogP contribution in [0, 0.1) is 46.3 Å². The summed E-state index contributed by atoms with van der Waals surface area (Å²) in [5, 5.41) is 21.3. The maximum Gasteiger partial charge on any atom is 0.305 e. The van der Waals surface area contributed by atoms with Crippen LogP contribution in [0.2, 0.25) is 0 Å². The number of halogens is 1. The van der Waals surface area contributed by atoms with Crippen LogP contribution in [0.25, 0.3) is 0 Å². The van der Waals surface area contributed by atoms with Gasteiger partial charge in [-0.2, -0.15) is 0 Å². The third kappa shape index (κ3) is 3.35. The van der Waals surface area contributed by atoms with Crippen molar-refractivity contribution in [3.63, 3.8) is 0 Å². The van der Waals surface area contributed by atoms with E-state index >= 15 is 0 Å². The molecule has 10 atom stereocenters. The summed E-state index contributed by atoms with van der Waals surface area (Å²) in [4.78, 5) is 11.6. The molecule has 0 radical (unpaired) electrons. The second kappa shape index (κ2) is 7.88. The highest BCUT2D eigenvalue weighted by molar-refractivity contribution is 5.69. The van der Waals surface area contributed by atoms with E-state index in [4.69, 9.17) is 4.74 Å². The van der Waals surface area contributed by atoms with Crippen LogP contribution in [0.1, 0.15) is 72.1 Å². The Morgan fingerprint density at radius 1 is 1.23 bits per heavy atom. The van der Waals surface area contributed by atoms with Crippen LogP contribution in [0.3, 0.4) is 0 Å². The van der Waals surface area contributed by atoms with Crippen molar-refractivity contribution in [2.45, 2.75) is 84.3 Å². The second-order valence-corrected chi connectivity index (χ2v) is 11.3. The lowest BCUT2D eigenvalue weighted by atomic mass is 9.44. The van der Waals surface area contributed by atoms with Crippen molar-refractivity contribution >= 4 is 5.97 Å². The lowest BCUT2D eigenvalue weighted by Crippen LogP contribution is -2.58. The Morgan fingerprint density at radius 3 is 2.67 bits per heavy atom. The summed E-state index contributed by atoms with van der Waals surface area (Å²) in [7, 11) is 1.45. The predicted molar refractivity (Wildman–Crippen MR) is 113 cm³/mol. The van der Waals surface area contributed by atoms with Gasteiger partial charge >= 0.3 is 5.97 Å². The van der Waals surface area contributed by atoms with Gasteiger partial charge in [-0.25, -0.2) is 4.39 Å². The van der Waals surface area contributed by atoms with Crippen molar-refractivity contribution < 1.29 is 24.1 Å². The number of aliphatic hydroxyl groups is 2. The van der Waals surface area contributed by atoms with Gasteiger partial charge in [0.05, 0.1) is 13.2 Å². The fraction of sp³-hybridized carbons (Fsp3) is 0.880. The van der Waals surface area contributed by atoms with Crippen LogP contribution in [-0.4, -0.2) is 35.5 Å². The Hall–Kier alpha value is -0.940. The van der Waals surface area contributed by atoms with Gasteiger partial charge in [-0.15, -0.1) is 0 Å². The normalized spacial score (nSPS) is 48.8. The van der Waals surface area contributed by atoms with E-state index in [1.54, 1.807) is 6.08 Å². The van der Waals surface area contributed by atoms with Crippen molar-refractivity contribution in [3.05, 3.63) is 11.9 Å². The molecule has 4 rings (SSSR count). The number of hydrogen-bond donors (Lipinski definition) is 2. The molecule has 3 saturated carbocycles. The van der Waals surface area contributed by atoms with E-state index in [0.717, 1.165) is 32.1 Å². The maximum absolute atomic E-state index is 14.5. The number of rotatable bonds is 4. The number of hydrogen-bond acceptors (Lipinski definition) is 4. The van der Waals surface area contributed by atoms with Crippen molar-refractivity contribution in [2.24, 2.45) is 46.3 Å². The molecule has 0 saturated heterocycles. The standard InChI is InChI=1S/C25H39FO4/c1-14(5-8-22(29)30-4)16-6-7-17-23-18(9-10-24(16,17)2)25(3)13-19(26)20(27)11-15(25)12-21(23)28/h13-18,20-21,23,27-28H,5-12H2,1-4H3/t14?,15-,16+,17-,18-,20-,21+,23-,24+,25-/m0/s1. The van der Waals surface area contributed by atoms with Gasteiger partial charge in [0.15, 0.2) is 0 Å². The topological polar surface area (TPSA) is 66.8 Å². The third-order valence-corrected chi connectivity index (χ3v) is 10.0. The Kier molecular flexibility index (Phi) is 5.85. The maximum atomic E-state index is 14.5. The van der Waals surface area contributed by atoms with Crippen LogP contribution in [0.15, 0.2) is 11.9 Å². The largest absolute Gasteiger partial charge is 0.469 e. The highest BCUT2D eigenvalue weighted by atomic mass is 19.1. The molecule has 0 spiro atoms. The summed E-state index contributed by atoms with van der Waals surface area (Å²) in [6.45, 7) is 6.84. The minimum absolute atomic E-state index is 0.139. The molecule has 0 aromatic carbocycles. The average molecular weight is 423 g/mol. The van der Waals surface area contributed by atoms with E-state index in [0.29, 0.717) is 37.0 Å². The molecule has 2 N–H and O–H groups in total. The smallest absolute Gasteiger partial charge is 0.305 e. The zero-order valence-electron chi connectivity index (χ0n) is 18.9. The zero-order valence-corrected chi connectivity index (χ0v) is 18.9. The summed E-state index contributed by atoms with van der Waals surface area (Å²) in [5.41, 5.74) is -0.111. The van der Waals surface area contributed by atoms with E-state index < -0.39 is 6.10 Å². The van der Waals surface area contributed by atoms with Crippen molar-refractivity contribution in [3.8, 4) is 0 Å². The predicted octanol–water partition coefficient (Wildman–Crippen LogP) is 4.64. The van der Waals surface area contributed by atoms with E-state index in [1.807, 2.05) is 0 Å². The van der Waals surface area contributed by atoms with Crippen molar-refractivity contribution in [2.75, 3.05) is 7.11 Å². The molecule has 4 aliphatic carbocycles. The summed E-state index contributed by atoms with van der Waals surface area (Å²) in [5.74, 6) is 1.53. The Labute approximate surface area is 180 Å². The van der Waals surface area contributed by atoms with Crippen LogP contribution < -0.4 is 0 Å². The van der Waals surface area contributed by atoms with Crippen LogP contribution in [0.5, 0.6) is 0 Å². The number of carbonyl (C=O) groups excluding carboxylic acids is 1. The van der Waals surface area contributed by atoms with Gasteiger partial charge in [0.1, 0.15) is 11.9 Å². The van der Waals surface area contributed by atoms with Crippen LogP contribution in [0.4, 0.5) is 4.39 Å². The number of esters is 1. The van der Waals surface area contributed by atoms with E-state index in [-0.39, 0.29) is 46.5 Å². The molecular formula is C25H39FO4. The molecule has 5 heteroatoms. The van der Waals surface area contributed by atoms with E-state index in [2.05, 4.69) is 20.8 Å². The molecule has 0 aromatic rings. The van der Waals surface area contributed by atoms with E-state index in [9.17, 15) is 19.4 Å². The molecule has 170 valence electrons. The molecule has 1 unspecified atom stereocenters. The van der Waals surface area contributed by atoms with Crippen molar-refractivity contribution in [1.82, 2.24) is 0 Å². The lowest BCUT2D eigenvalue weighted by Gasteiger charge is -2.61. The van der Waals surface area contributed by atoms with Gasteiger partial charge in [-0.1, -0.05) is 20.8 Å². The minimum Gasteiger partial charge on any atom is -0.469 e. The fourth-order valence-electron chi connectivity index (χ4n) is 8.44. The number of ether oxygens (including phenoxy) is 1. The molecule has 0 bridgehead atoms. The van der Waals surface area contributed by atoms with Gasteiger partial charge < -0.3 is 14.9 Å². The molecule has 0 aliphatic heterocycles. The molecule has 3 fully saturated rings. The summed E-state index contributed by atoms with van der Waals surface area (Å²) < 4.78 is 19.3. The Bertz CT molecular complexity index is 707. The first kappa shape index (κ1) is 22.3. The second-order valence-electron chi connectivity index (χ2n) is 11.3. The number of aliphatic hydroxyl groups excluding tert-OH is 2. The molecule has 0 aromatic heterocycles. The van der Waals surface area contributed by atoms with Gasteiger partial charge in [-0.05, 0) is 97.4 Å². The van der Waals surface area contributed by atoms with Gasteiger partial charge in [0.2, 0.25) is 0 Å². The average Bonchev–Trinajstić information content (AvgIpc) is 3.05. The molecular weight excluding hydrogens is 383 g/mol. The number of carbonyl (C=O) groups is 1. The first-order valence-corrected chi connectivity index (χ1v) is 11.9. The monoisotopic (exact) mass is 422 g/mol. The number of fused-ring (bicyclic) bond motifs is 5. The molecule has 4 aliphatic rings. The summed E-state index contributed by atoms with van der Waals surface area (Å²) in [6, 6.07) is 0. The van der Waals surface area contributed by atoms with Crippen LogP contribution in [-0.2, 0) is 9.53 Å². The lowest BCUT2D eigenvalue weighted by molar-refractivity contribution is -0.149.